The van der Waals surface area contributed by atoms with Gasteiger partial charge in [-0.1, -0.05) is 19.9 Å². The molecule has 1 fully saturated rings. The third-order valence-corrected chi connectivity index (χ3v) is 6.29. The number of methoxy groups -OCH3 is 1. The molecular formula is C29H45FN4O4. The van der Waals surface area contributed by atoms with Gasteiger partial charge in [0.25, 0.3) is 0 Å². The smallest absolute Gasteiger partial charge is 0.231 e. The van der Waals surface area contributed by atoms with Gasteiger partial charge in [0.1, 0.15) is 17.2 Å². The molecule has 38 heavy (non-hydrogen) atoms. The molecule has 1 aliphatic carbocycles. The number of carbonyl (C=O) groups excluding carboxylic acids is 2. The molecule has 1 saturated carbocycles. The average molecular weight is 533 g/mol. The van der Waals surface area contributed by atoms with Crippen molar-refractivity contribution in [3.05, 3.63) is 29.6 Å². The van der Waals surface area contributed by atoms with E-state index in [1.54, 1.807) is 13.2 Å². The van der Waals surface area contributed by atoms with Crippen LogP contribution in [0, 0.1) is 30.5 Å². The van der Waals surface area contributed by atoms with Crippen LogP contribution in [0.15, 0.2) is 23.2 Å². The van der Waals surface area contributed by atoms with Crippen LogP contribution in [0.4, 0.5) is 4.39 Å². The third kappa shape index (κ3) is 9.02. The molecule has 0 radical (unpaired) electrons. The number of hydrogen-bond donors (Lipinski definition) is 2. The summed E-state index contributed by atoms with van der Waals surface area (Å²) < 4.78 is 24.1. The Morgan fingerprint density at radius 3 is 2.45 bits per heavy atom. The SMILES string of the molecule is C#C.CC.CC1(C)CC(=O)N(C[C@H]2CC2C(=O)NC2CC(C)(C)Oc3cc(F)ccc32)C(N)=N1.CCOC. The lowest BCUT2D eigenvalue weighted by atomic mass is 9.89. The maximum atomic E-state index is 13.6. The van der Waals surface area contributed by atoms with Gasteiger partial charge in [-0.25, -0.2) is 9.38 Å². The monoisotopic (exact) mass is 532 g/mol. The minimum Gasteiger partial charge on any atom is -0.487 e. The van der Waals surface area contributed by atoms with Gasteiger partial charge in [0.2, 0.25) is 11.8 Å². The molecule has 212 valence electrons. The van der Waals surface area contributed by atoms with Gasteiger partial charge in [0.15, 0.2) is 5.96 Å². The summed E-state index contributed by atoms with van der Waals surface area (Å²) in [7, 11) is 1.68. The van der Waals surface area contributed by atoms with Crippen LogP contribution in [0.5, 0.6) is 5.75 Å². The highest BCUT2D eigenvalue weighted by atomic mass is 19.1. The molecule has 2 amide bonds. The first-order valence-corrected chi connectivity index (χ1v) is 13.1. The number of amides is 2. The summed E-state index contributed by atoms with van der Waals surface area (Å²) in [6.07, 6.45) is 9.60. The first kappa shape index (κ1) is 32.9. The zero-order valence-electron chi connectivity index (χ0n) is 24.1. The zero-order valence-corrected chi connectivity index (χ0v) is 24.1. The molecule has 0 bridgehead atoms. The Morgan fingerprint density at radius 2 is 1.89 bits per heavy atom. The number of rotatable bonds is 5. The van der Waals surface area contributed by atoms with Gasteiger partial charge < -0.3 is 20.5 Å². The normalized spacial score (nSPS) is 23.8. The molecule has 0 aromatic heterocycles. The molecule has 0 spiro atoms. The Hall–Kier alpha value is -3.12. The number of nitrogens with one attached hydrogen (secondary N) is 1. The number of carbonyl (C=O) groups is 2. The van der Waals surface area contributed by atoms with Gasteiger partial charge in [-0.2, -0.15) is 0 Å². The summed E-state index contributed by atoms with van der Waals surface area (Å²) in [5, 5.41) is 3.11. The fourth-order valence-electron chi connectivity index (χ4n) is 4.44. The fraction of sp³-hybridized carbons (Fsp3) is 0.621. The van der Waals surface area contributed by atoms with Gasteiger partial charge in [0.05, 0.1) is 18.0 Å². The minimum absolute atomic E-state index is 0.0549. The highest BCUT2D eigenvalue weighted by molar-refractivity contribution is 5.99. The minimum atomic E-state index is -0.514. The van der Waals surface area contributed by atoms with Gasteiger partial charge in [-0.05, 0) is 53.0 Å². The lowest BCUT2D eigenvalue weighted by molar-refractivity contribution is -0.130. The molecular weight excluding hydrogens is 487 g/mol. The molecule has 4 rings (SSSR count). The van der Waals surface area contributed by atoms with E-state index in [1.807, 2.05) is 48.5 Å². The summed E-state index contributed by atoms with van der Waals surface area (Å²) in [4.78, 5) is 31.2. The second-order valence-corrected chi connectivity index (χ2v) is 10.5. The van der Waals surface area contributed by atoms with Crippen molar-refractivity contribution in [2.75, 3.05) is 20.3 Å². The van der Waals surface area contributed by atoms with Gasteiger partial charge >= 0.3 is 0 Å². The number of terminal acetylenes is 1. The van der Waals surface area contributed by atoms with E-state index in [0.29, 0.717) is 31.6 Å². The maximum Gasteiger partial charge on any atom is 0.231 e. The second-order valence-electron chi connectivity index (χ2n) is 10.5. The number of halogens is 1. The predicted molar refractivity (Wildman–Crippen MR) is 149 cm³/mol. The third-order valence-electron chi connectivity index (χ3n) is 6.29. The van der Waals surface area contributed by atoms with Crippen molar-refractivity contribution in [1.82, 2.24) is 10.2 Å². The molecule has 0 saturated heterocycles. The van der Waals surface area contributed by atoms with Crippen LogP contribution in [0.25, 0.3) is 0 Å². The van der Waals surface area contributed by atoms with Gasteiger partial charge in [-0.15, -0.1) is 12.8 Å². The molecule has 2 aliphatic heterocycles. The number of nitrogens with two attached hydrogens (primary N) is 1. The van der Waals surface area contributed by atoms with E-state index < -0.39 is 11.1 Å². The van der Waals surface area contributed by atoms with Crippen molar-refractivity contribution in [2.45, 2.75) is 84.9 Å². The van der Waals surface area contributed by atoms with Crippen LogP contribution in [-0.4, -0.2) is 54.1 Å². The molecule has 1 aromatic carbocycles. The largest absolute Gasteiger partial charge is 0.487 e. The lowest BCUT2D eigenvalue weighted by Gasteiger charge is -2.38. The Labute approximate surface area is 227 Å². The molecule has 9 heteroatoms. The lowest BCUT2D eigenvalue weighted by Crippen LogP contribution is -2.50. The number of ether oxygens (including phenoxy) is 2. The summed E-state index contributed by atoms with van der Waals surface area (Å²) in [6.45, 7) is 14.8. The van der Waals surface area contributed by atoms with E-state index in [0.717, 1.165) is 12.2 Å². The molecule has 1 aromatic rings. The Balaban J connectivity index is 0.000000811. The van der Waals surface area contributed by atoms with E-state index in [-0.39, 0.29) is 41.5 Å². The number of guanidine groups is 1. The highest BCUT2D eigenvalue weighted by Gasteiger charge is 2.47. The van der Waals surface area contributed by atoms with E-state index >= 15 is 0 Å². The van der Waals surface area contributed by atoms with Crippen molar-refractivity contribution in [1.29, 1.82) is 0 Å². The van der Waals surface area contributed by atoms with E-state index in [9.17, 15) is 14.0 Å². The predicted octanol–water partition coefficient (Wildman–Crippen LogP) is 4.43. The molecule has 8 nitrogen and oxygen atoms in total. The Kier molecular flexibility index (Phi) is 12.3. The topological polar surface area (TPSA) is 106 Å². The van der Waals surface area contributed by atoms with E-state index in [4.69, 9.17) is 10.5 Å². The Bertz CT molecular complexity index is 1000. The number of fused-ring (bicyclic) bond motifs is 1. The number of aliphatic imine (C=N–C) groups is 1. The highest BCUT2D eigenvalue weighted by Crippen LogP contribution is 2.43. The summed E-state index contributed by atoms with van der Waals surface area (Å²) >= 11 is 0. The van der Waals surface area contributed by atoms with Crippen molar-refractivity contribution in [3.63, 3.8) is 0 Å². The first-order chi connectivity index (χ1) is 17.9. The number of benzene rings is 1. The van der Waals surface area contributed by atoms with Crippen LogP contribution in [0.2, 0.25) is 0 Å². The van der Waals surface area contributed by atoms with Crippen molar-refractivity contribution < 1.29 is 23.5 Å². The van der Waals surface area contributed by atoms with Crippen LogP contribution >= 0.6 is 0 Å². The van der Waals surface area contributed by atoms with Crippen LogP contribution < -0.4 is 15.8 Å². The standard InChI is InChI=1S/C22H29FN4O3.C3H8O.C2H6.C2H2/c1-21(2)10-18(28)27(20(24)26-21)11-12-7-15(12)19(29)25-16-9-22(3,4)30-17-8-13(23)5-6-14(16)17;1-3-4-2;2*1-2/h5-6,8,12,15-16H,7,9-11H2,1-4H3,(H2,24,26)(H,25,29);3H2,1-2H3;1-2H3;1-2H/t12-,15?,16?;;;/m1.../s1. The van der Waals surface area contributed by atoms with Gasteiger partial charge in [0, 0.05) is 44.2 Å². The molecule has 2 heterocycles. The van der Waals surface area contributed by atoms with Crippen LogP contribution in [0.3, 0.4) is 0 Å². The second kappa shape index (κ2) is 14.1. The summed E-state index contributed by atoms with van der Waals surface area (Å²) in [5.74, 6) is 0.102. The molecule has 3 N–H and O–H groups in total. The van der Waals surface area contributed by atoms with Crippen molar-refractivity contribution in [3.8, 4) is 18.6 Å². The maximum absolute atomic E-state index is 13.6. The average Bonchev–Trinajstić information content (AvgIpc) is 3.62. The Morgan fingerprint density at radius 1 is 1.29 bits per heavy atom. The molecule has 2 unspecified atom stereocenters. The van der Waals surface area contributed by atoms with Crippen molar-refractivity contribution >= 4 is 17.8 Å². The number of nitrogens with zero attached hydrogens (tertiary/aromatic N) is 2. The summed E-state index contributed by atoms with van der Waals surface area (Å²) in [6, 6.07) is 4.16. The van der Waals surface area contributed by atoms with E-state index in [2.05, 4.69) is 27.9 Å². The van der Waals surface area contributed by atoms with E-state index in [1.165, 1.54) is 17.0 Å². The number of hydrogen-bond acceptors (Lipinski definition) is 6. The zero-order chi connectivity index (χ0) is 29.3. The van der Waals surface area contributed by atoms with Crippen molar-refractivity contribution in [2.24, 2.45) is 22.6 Å². The fourth-order valence-corrected chi connectivity index (χ4v) is 4.44. The first-order valence-electron chi connectivity index (χ1n) is 13.1. The van der Waals surface area contributed by atoms with Gasteiger partial charge in [-0.3, -0.25) is 14.5 Å². The van der Waals surface area contributed by atoms with Crippen LogP contribution in [0.1, 0.15) is 79.3 Å². The quantitative estimate of drug-likeness (QED) is 0.546. The molecule has 3 atom stereocenters. The molecule has 3 aliphatic rings. The summed E-state index contributed by atoms with van der Waals surface area (Å²) in [5.41, 5.74) is 5.78. The van der Waals surface area contributed by atoms with Crippen LogP contribution in [-0.2, 0) is 14.3 Å².